The Hall–Kier alpha value is -7.55. The molecule has 0 unspecified atom stereocenters. The first-order chi connectivity index (χ1) is 31.8. The number of anilines is 6. The standard InChI is InChI=1S/C58H43F3N2O2Si/c1-34-18-26-39(27-19-34)62(49-15-7-12-42-41-11-6-10-35(2)54(41)64-55(42)49)47-32-22-36-21-31-46-48(33-23-37-20-30-45(47)52(36)53(37)46)63(40-28-24-38(25-29-40)58(59,60)61)50-16-8-13-43-44-14-9-17-51(66(3,4)5)57(44)65-56(43)50/h6-33H,1-5H3. The van der Waals surface area contributed by atoms with Crippen molar-refractivity contribution in [1.29, 1.82) is 0 Å². The van der Waals surface area contributed by atoms with Crippen molar-refractivity contribution in [3.63, 3.8) is 0 Å². The largest absolute Gasteiger partial charge is 0.454 e. The van der Waals surface area contributed by atoms with Gasteiger partial charge in [0, 0.05) is 43.7 Å². The van der Waals surface area contributed by atoms with E-state index >= 15 is 0 Å². The van der Waals surface area contributed by atoms with Gasteiger partial charge in [-0.1, -0.05) is 134 Å². The lowest BCUT2D eigenvalue weighted by atomic mass is 9.91. The number of furan rings is 2. The van der Waals surface area contributed by atoms with Gasteiger partial charge in [0.1, 0.15) is 11.2 Å². The van der Waals surface area contributed by atoms with Crippen molar-refractivity contribution in [2.75, 3.05) is 9.80 Å². The summed E-state index contributed by atoms with van der Waals surface area (Å²) in [4.78, 5) is 4.37. The number of rotatable bonds is 7. The molecule has 12 aromatic rings. The third-order valence-electron chi connectivity index (χ3n) is 13.3. The summed E-state index contributed by atoms with van der Waals surface area (Å²) in [5.74, 6) is 0. The van der Waals surface area contributed by atoms with E-state index in [0.29, 0.717) is 11.3 Å². The van der Waals surface area contributed by atoms with Crippen molar-refractivity contribution in [3.05, 3.63) is 187 Å². The molecule has 0 saturated carbocycles. The van der Waals surface area contributed by atoms with Crippen molar-refractivity contribution in [2.45, 2.75) is 39.7 Å². The molecule has 0 saturated heterocycles. The number of alkyl halides is 3. The van der Waals surface area contributed by atoms with Gasteiger partial charge < -0.3 is 18.6 Å². The van der Waals surface area contributed by atoms with Crippen LogP contribution in [0.4, 0.5) is 47.3 Å². The first-order valence-electron chi connectivity index (χ1n) is 22.2. The molecule has 10 aromatic carbocycles. The van der Waals surface area contributed by atoms with Crippen LogP contribution in [0.3, 0.4) is 0 Å². The van der Waals surface area contributed by atoms with Gasteiger partial charge in [-0.3, -0.25) is 0 Å². The SMILES string of the molecule is Cc1ccc(N(c2ccc3ccc4c(N(c5ccc(C(F)(F)F)cc5)c5cccc6c5oc5c([Si](C)(C)C)cccc56)ccc5ccc2c3c54)c2cccc3c2oc2c(C)cccc23)cc1. The number of para-hydroxylation sites is 4. The van der Waals surface area contributed by atoms with Crippen molar-refractivity contribution in [1.82, 2.24) is 0 Å². The van der Waals surface area contributed by atoms with Crippen LogP contribution in [0.2, 0.25) is 19.6 Å². The second-order valence-electron chi connectivity index (χ2n) is 18.5. The molecule has 2 heterocycles. The molecule has 0 atom stereocenters. The Morgan fingerprint density at radius 1 is 0.409 bits per heavy atom. The van der Waals surface area contributed by atoms with Gasteiger partial charge in [0.25, 0.3) is 0 Å². The number of halogens is 3. The number of benzene rings is 10. The fraction of sp³-hybridized carbons (Fsp3) is 0.103. The molecule has 0 N–H and O–H groups in total. The molecule has 0 fully saturated rings. The van der Waals surface area contributed by atoms with Crippen LogP contribution in [0.15, 0.2) is 179 Å². The van der Waals surface area contributed by atoms with Gasteiger partial charge in [-0.05, 0) is 107 Å². The van der Waals surface area contributed by atoms with Crippen molar-refractivity contribution in [2.24, 2.45) is 0 Å². The average Bonchev–Trinajstić information content (AvgIpc) is 3.90. The van der Waals surface area contributed by atoms with Gasteiger partial charge in [0.2, 0.25) is 0 Å². The Morgan fingerprint density at radius 3 is 1.36 bits per heavy atom. The molecule has 0 amide bonds. The predicted octanol–water partition coefficient (Wildman–Crippen LogP) is 17.5. The minimum Gasteiger partial charge on any atom is -0.454 e. The average molecular weight is 885 g/mol. The molecule has 66 heavy (non-hydrogen) atoms. The van der Waals surface area contributed by atoms with Crippen molar-refractivity contribution < 1.29 is 22.0 Å². The Morgan fingerprint density at radius 2 is 0.848 bits per heavy atom. The van der Waals surface area contributed by atoms with Gasteiger partial charge in [0.05, 0.1) is 36.4 Å². The van der Waals surface area contributed by atoms with Crippen molar-refractivity contribution in [3.8, 4) is 0 Å². The molecule has 0 spiro atoms. The van der Waals surface area contributed by atoms with Gasteiger partial charge >= 0.3 is 6.18 Å². The zero-order valence-electron chi connectivity index (χ0n) is 37.0. The number of hydrogen-bond donors (Lipinski definition) is 0. The predicted molar refractivity (Wildman–Crippen MR) is 272 cm³/mol. The zero-order valence-corrected chi connectivity index (χ0v) is 38.0. The normalized spacial score (nSPS) is 12.5. The first kappa shape index (κ1) is 40.0. The maximum Gasteiger partial charge on any atom is 0.416 e. The van der Waals surface area contributed by atoms with Gasteiger partial charge in [-0.2, -0.15) is 13.2 Å². The smallest absolute Gasteiger partial charge is 0.416 e. The highest BCUT2D eigenvalue weighted by Gasteiger charge is 2.32. The second kappa shape index (κ2) is 14.5. The van der Waals surface area contributed by atoms with Crippen molar-refractivity contribution >= 4 is 124 Å². The van der Waals surface area contributed by atoms with E-state index in [-0.39, 0.29) is 0 Å². The lowest BCUT2D eigenvalue weighted by molar-refractivity contribution is -0.137. The maximum absolute atomic E-state index is 14.1. The van der Waals surface area contributed by atoms with Crippen LogP contribution in [0, 0.1) is 13.8 Å². The Bertz CT molecular complexity index is 3880. The van der Waals surface area contributed by atoms with E-state index in [2.05, 4.69) is 177 Å². The van der Waals surface area contributed by atoms with Gasteiger partial charge in [0.15, 0.2) is 11.2 Å². The Labute approximate surface area is 380 Å². The van der Waals surface area contributed by atoms with E-state index in [9.17, 15) is 13.2 Å². The minimum absolute atomic E-state index is 0.580. The van der Waals surface area contributed by atoms with Crippen LogP contribution in [0.25, 0.3) is 76.2 Å². The van der Waals surface area contributed by atoms with Gasteiger partial charge in [-0.15, -0.1) is 0 Å². The summed E-state index contributed by atoms with van der Waals surface area (Å²) in [6.07, 6.45) is -4.48. The van der Waals surface area contributed by atoms with E-state index < -0.39 is 19.8 Å². The maximum atomic E-state index is 14.1. The molecular weight excluding hydrogens is 842 g/mol. The van der Waals surface area contributed by atoms with Gasteiger partial charge in [-0.25, -0.2) is 0 Å². The van der Waals surface area contributed by atoms with E-state index in [0.717, 1.165) is 122 Å². The molecule has 2 aromatic heterocycles. The van der Waals surface area contributed by atoms with Crippen LogP contribution >= 0.6 is 0 Å². The van der Waals surface area contributed by atoms with Crippen LogP contribution in [-0.4, -0.2) is 8.07 Å². The second-order valence-corrected chi connectivity index (χ2v) is 23.6. The third-order valence-corrected chi connectivity index (χ3v) is 15.3. The summed E-state index contributed by atoms with van der Waals surface area (Å²) in [5, 5.41) is 11.6. The number of fused-ring (bicyclic) bond motifs is 6. The molecule has 0 aliphatic carbocycles. The Kier molecular flexibility index (Phi) is 8.77. The first-order valence-corrected chi connectivity index (χ1v) is 25.7. The van der Waals surface area contributed by atoms with Crippen LogP contribution in [0.1, 0.15) is 16.7 Å². The fourth-order valence-electron chi connectivity index (χ4n) is 10.2. The van der Waals surface area contributed by atoms with E-state index in [4.69, 9.17) is 8.83 Å². The van der Waals surface area contributed by atoms with Crippen LogP contribution in [-0.2, 0) is 6.18 Å². The lowest BCUT2D eigenvalue weighted by Gasteiger charge is -2.29. The van der Waals surface area contributed by atoms with Crippen LogP contribution in [0.5, 0.6) is 0 Å². The topological polar surface area (TPSA) is 32.8 Å². The lowest BCUT2D eigenvalue weighted by Crippen LogP contribution is -2.37. The summed E-state index contributed by atoms with van der Waals surface area (Å²) in [7, 11) is -1.84. The van der Waals surface area contributed by atoms with E-state index in [1.54, 1.807) is 12.1 Å². The number of hydrogen-bond acceptors (Lipinski definition) is 4. The fourth-order valence-corrected chi connectivity index (χ4v) is 11.6. The quantitative estimate of drug-likeness (QED) is 0.118. The van der Waals surface area contributed by atoms with Crippen LogP contribution < -0.4 is 15.0 Å². The molecule has 0 aliphatic rings. The molecule has 0 aliphatic heterocycles. The molecule has 0 radical (unpaired) electrons. The molecular formula is C58H43F3N2O2Si. The summed E-state index contributed by atoms with van der Waals surface area (Å²) in [5.41, 5.74) is 9.78. The molecule has 322 valence electrons. The third kappa shape index (κ3) is 6.12. The summed E-state index contributed by atoms with van der Waals surface area (Å²) in [6.45, 7) is 11.1. The highest BCUT2D eigenvalue weighted by molar-refractivity contribution is 6.90. The molecule has 12 rings (SSSR count). The zero-order chi connectivity index (χ0) is 45.2. The molecule has 8 heteroatoms. The summed E-state index contributed by atoms with van der Waals surface area (Å²) >= 11 is 0. The highest BCUT2D eigenvalue weighted by atomic mass is 28.3. The van der Waals surface area contributed by atoms with E-state index in [1.165, 1.54) is 5.19 Å². The Balaban J connectivity index is 1.13. The summed E-state index contributed by atoms with van der Waals surface area (Å²) < 4.78 is 56.0. The number of nitrogens with zero attached hydrogens (tertiary/aromatic N) is 2. The number of aryl methyl sites for hydroxylation is 2. The highest BCUT2D eigenvalue weighted by Crippen LogP contribution is 2.50. The summed E-state index contributed by atoms with van der Waals surface area (Å²) in [6, 6.07) is 56.4. The molecule has 0 bridgehead atoms. The monoisotopic (exact) mass is 884 g/mol. The minimum atomic E-state index is -4.48. The molecule has 4 nitrogen and oxygen atoms in total. The van der Waals surface area contributed by atoms with E-state index in [1.807, 2.05) is 12.1 Å².